The minimum absolute atomic E-state index is 0.163. The molecule has 1 atom stereocenters. The van der Waals surface area contributed by atoms with Gasteiger partial charge in [0.2, 0.25) is 0 Å². The third kappa shape index (κ3) is 3.16. The molecule has 11 heavy (non-hydrogen) atoms. The van der Waals surface area contributed by atoms with Crippen LogP contribution in [0.1, 0.15) is 19.3 Å². The Hall–Kier alpha value is -0.150. The molecule has 1 rings (SSSR count). The van der Waals surface area contributed by atoms with Crippen molar-refractivity contribution in [2.75, 3.05) is 26.2 Å². The van der Waals surface area contributed by atoms with Crippen LogP contribution in [-0.2, 0) is 0 Å². The number of halogens is 1. The molecule has 0 amide bonds. The van der Waals surface area contributed by atoms with E-state index >= 15 is 0 Å². The summed E-state index contributed by atoms with van der Waals surface area (Å²) < 4.78 is 12.7. The predicted molar refractivity (Wildman–Crippen MR) is 44.2 cm³/mol. The molecule has 2 N–H and O–H groups in total. The average Bonchev–Trinajstić information content (AvgIpc) is 2.06. The molecule has 66 valence electrons. The number of hydrogen-bond acceptors (Lipinski definition) is 2. The van der Waals surface area contributed by atoms with E-state index in [1.165, 1.54) is 19.3 Å². The summed E-state index contributed by atoms with van der Waals surface area (Å²) in [5.74, 6) is 0. The highest BCUT2D eigenvalue weighted by Crippen LogP contribution is 2.09. The second-order valence-corrected chi connectivity index (χ2v) is 3.19. The van der Waals surface area contributed by atoms with Crippen molar-refractivity contribution in [2.24, 2.45) is 5.73 Å². The van der Waals surface area contributed by atoms with E-state index in [-0.39, 0.29) is 6.54 Å². The molecule has 3 heteroatoms. The number of likely N-dealkylation sites (tertiary alicyclic amines) is 1. The van der Waals surface area contributed by atoms with Crippen LogP contribution in [0.2, 0.25) is 0 Å². The Morgan fingerprint density at radius 2 is 1.91 bits per heavy atom. The Bertz CT molecular complexity index is 102. The zero-order valence-electron chi connectivity index (χ0n) is 6.93. The molecule has 1 heterocycles. The fraction of sp³-hybridized carbons (Fsp3) is 1.00. The number of rotatable bonds is 3. The smallest absolute Gasteiger partial charge is 0.125 e. The molecule has 1 saturated heterocycles. The van der Waals surface area contributed by atoms with E-state index in [4.69, 9.17) is 5.73 Å². The molecule has 0 aliphatic carbocycles. The average molecular weight is 160 g/mol. The van der Waals surface area contributed by atoms with Gasteiger partial charge in [-0.2, -0.15) is 0 Å². The summed E-state index contributed by atoms with van der Waals surface area (Å²) in [7, 11) is 0. The van der Waals surface area contributed by atoms with E-state index in [0.29, 0.717) is 6.54 Å². The quantitative estimate of drug-likeness (QED) is 0.660. The number of alkyl halides is 1. The lowest BCUT2D eigenvalue weighted by molar-refractivity contribution is 0.170. The van der Waals surface area contributed by atoms with Gasteiger partial charge in [0.25, 0.3) is 0 Å². The van der Waals surface area contributed by atoms with Crippen molar-refractivity contribution in [3.63, 3.8) is 0 Å². The van der Waals surface area contributed by atoms with Crippen LogP contribution in [0, 0.1) is 0 Å². The maximum absolute atomic E-state index is 12.7. The largest absolute Gasteiger partial charge is 0.328 e. The molecular formula is C8H17FN2. The van der Waals surface area contributed by atoms with Gasteiger partial charge in [-0.25, -0.2) is 4.39 Å². The van der Waals surface area contributed by atoms with E-state index in [2.05, 4.69) is 4.90 Å². The van der Waals surface area contributed by atoms with Crippen LogP contribution in [0.4, 0.5) is 4.39 Å². The van der Waals surface area contributed by atoms with Crippen molar-refractivity contribution in [3.8, 4) is 0 Å². The molecule has 0 aromatic heterocycles. The summed E-state index contributed by atoms with van der Waals surface area (Å²) in [4.78, 5) is 2.17. The highest BCUT2D eigenvalue weighted by atomic mass is 19.1. The second kappa shape index (κ2) is 4.67. The number of nitrogens with zero attached hydrogens (tertiary/aromatic N) is 1. The Morgan fingerprint density at radius 3 is 2.45 bits per heavy atom. The minimum Gasteiger partial charge on any atom is -0.328 e. The minimum atomic E-state index is -0.826. The molecule has 1 unspecified atom stereocenters. The third-order valence-electron chi connectivity index (χ3n) is 2.16. The van der Waals surface area contributed by atoms with E-state index in [9.17, 15) is 4.39 Å². The van der Waals surface area contributed by atoms with Crippen molar-refractivity contribution in [1.29, 1.82) is 0 Å². The van der Waals surface area contributed by atoms with Gasteiger partial charge in [-0.05, 0) is 25.9 Å². The normalized spacial score (nSPS) is 23.5. The zero-order chi connectivity index (χ0) is 8.10. The Balaban J connectivity index is 2.13. The Kier molecular flexibility index (Phi) is 3.80. The highest BCUT2D eigenvalue weighted by molar-refractivity contribution is 4.69. The van der Waals surface area contributed by atoms with Crippen LogP contribution in [0.3, 0.4) is 0 Å². The Morgan fingerprint density at radius 1 is 1.27 bits per heavy atom. The van der Waals surface area contributed by atoms with Crippen molar-refractivity contribution in [3.05, 3.63) is 0 Å². The van der Waals surface area contributed by atoms with E-state index in [1.54, 1.807) is 0 Å². The van der Waals surface area contributed by atoms with Crippen LogP contribution in [0.5, 0.6) is 0 Å². The van der Waals surface area contributed by atoms with Gasteiger partial charge in [-0.1, -0.05) is 6.42 Å². The van der Waals surface area contributed by atoms with Gasteiger partial charge < -0.3 is 10.6 Å². The Labute approximate surface area is 67.6 Å². The predicted octanol–water partition coefficient (Wildman–Crippen LogP) is 0.769. The summed E-state index contributed by atoms with van der Waals surface area (Å²) in [6.07, 6.45) is 2.91. The first-order valence-corrected chi connectivity index (χ1v) is 4.39. The second-order valence-electron chi connectivity index (χ2n) is 3.19. The molecule has 0 spiro atoms. The third-order valence-corrected chi connectivity index (χ3v) is 2.16. The molecule has 1 aliphatic rings. The number of hydrogen-bond donors (Lipinski definition) is 1. The van der Waals surface area contributed by atoms with Crippen LogP contribution in [0.15, 0.2) is 0 Å². The summed E-state index contributed by atoms with van der Waals surface area (Å²) >= 11 is 0. The lowest BCUT2D eigenvalue weighted by atomic mass is 10.1. The molecule has 0 radical (unpaired) electrons. The molecule has 2 nitrogen and oxygen atoms in total. The first-order chi connectivity index (χ1) is 5.33. The molecule has 0 aromatic carbocycles. The van der Waals surface area contributed by atoms with E-state index in [1.807, 2.05) is 0 Å². The topological polar surface area (TPSA) is 29.3 Å². The lowest BCUT2D eigenvalue weighted by Crippen LogP contribution is -2.37. The first kappa shape index (κ1) is 8.94. The summed E-state index contributed by atoms with van der Waals surface area (Å²) in [5, 5.41) is 0. The first-order valence-electron chi connectivity index (χ1n) is 4.39. The van der Waals surface area contributed by atoms with Crippen LogP contribution in [0.25, 0.3) is 0 Å². The van der Waals surface area contributed by atoms with Gasteiger partial charge in [0, 0.05) is 13.1 Å². The summed E-state index contributed by atoms with van der Waals surface area (Å²) in [6.45, 7) is 2.81. The van der Waals surface area contributed by atoms with Crippen molar-refractivity contribution in [1.82, 2.24) is 4.90 Å². The highest BCUT2D eigenvalue weighted by Gasteiger charge is 2.13. The summed E-state index contributed by atoms with van der Waals surface area (Å²) in [5.41, 5.74) is 5.19. The monoisotopic (exact) mass is 160 g/mol. The van der Waals surface area contributed by atoms with Crippen molar-refractivity contribution < 1.29 is 4.39 Å². The number of nitrogens with two attached hydrogens (primary N) is 1. The van der Waals surface area contributed by atoms with Crippen LogP contribution >= 0.6 is 0 Å². The van der Waals surface area contributed by atoms with Crippen LogP contribution in [-0.4, -0.2) is 37.3 Å². The molecule has 0 saturated carbocycles. The summed E-state index contributed by atoms with van der Waals surface area (Å²) in [6, 6.07) is 0. The van der Waals surface area contributed by atoms with Gasteiger partial charge in [0.1, 0.15) is 6.17 Å². The maximum Gasteiger partial charge on any atom is 0.125 e. The fourth-order valence-electron chi connectivity index (χ4n) is 1.50. The number of piperidine rings is 1. The van der Waals surface area contributed by atoms with E-state index in [0.717, 1.165) is 13.1 Å². The molecule has 1 fully saturated rings. The molecule has 1 aliphatic heterocycles. The van der Waals surface area contributed by atoms with Gasteiger partial charge in [0.05, 0.1) is 0 Å². The van der Waals surface area contributed by atoms with Gasteiger partial charge in [-0.15, -0.1) is 0 Å². The van der Waals surface area contributed by atoms with Crippen molar-refractivity contribution >= 4 is 0 Å². The maximum atomic E-state index is 12.7. The lowest BCUT2D eigenvalue weighted by Gasteiger charge is -2.27. The molecule has 0 aromatic rings. The van der Waals surface area contributed by atoms with Gasteiger partial charge >= 0.3 is 0 Å². The molecular weight excluding hydrogens is 143 g/mol. The fourth-order valence-corrected chi connectivity index (χ4v) is 1.50. The SMILES string of the molecule is NCC(F)CN1CCCCC1. The molecule has 0 bridgehead atoms. The standard InChI is InChI=1S/C8H17FN2/c9-8(6-10)7-11-4-2-1-3-5-11/h8H,1-7,10H2. The van der Waals surface area contributed by atoms with Gasteiger partial charge in [-0.3, -0.25) is 0 Å². The van der Waals surface area contributed by atoms with Gasteiger partial charge in [0.15, 0.2) is 0 Å². The van der Waals surface area contributed by atoms with Crippen molar-refractivity contribution in [2.45, 2.75) is 25.4 Å². The van der Waals surface area contributed by atoms with E-state index < -0.39 is 6.17 Å². The van der Waals surface area contributed by atoms with Crippen LogP contribution < -0.4 is 5.73 Å². The zero-order valence-corrected chi connectivity index (χ0v) is 6.93.